The Morgan fingerprint density at radius 3 is 2.62 bits per heavy atom. The highest BCUT2D eigenvalue weighted by molar-refractivity contribution is 6.32. The Kier molecular flexibility index (Phi) is 4.58. The second kappa shape index (κ2) is 6.57. The molecule has 4 nitrogen and oxygen atoms in total. The van der Waals surface area contributed by atoms with Gasteiger partial charge in [-0.3, -0.25) is 0 Å². The number of carboxylic acid groups (broad SMARTS) is 1. The van der Waals surface area contributed by atoms with Crippen molar-refractivity contribution in [1.82, 2.24) is 0 Å². The van der Waals surface area contributed by atoms with Crippen molar-refractivity contribution >= 4 is 23.6 Å². The first-order valence-corrected chi connectivity index (χ1v) is 7.80. The van der Waals surface area contributed by atoms with Gasteiger partial charge in [-0.25, -0.2) is 4.79 Å². The molecule has 0 bridgehead atoms. The minimum atomic E-state index is -4.88. The van der Waals surface area contributed by atoms with E-state index in [0.29, 0.717) is 5.75 Å². The second-order valence-electron chi connectivity index (χ2n) is 5.65. The van der Waals surface area contributed by atoms with Crippen LogP contribution in [0.5, 0.6) is 17.2 Å². The highest BCUT2D eigenvalue weighted by Gasteiger charge is 2.48. The smallest absolute Gasteiger partial charge is 0.430 e. The van der Waals surface area contributed by atoms with Crippen LogP contribution < -0.4 is 9.47 Å². The number of benzene rings is 2. The lowest BCUT2D eigenvalue weighted by Crippen LogP contribution is -2.40. The van der Waals surface area contributed by atoms with Gasteiger partial charge < -0.3 is 14.6 Å². The highest BCUT2D eigenvalue weighted by atomic mass is 35.5. The van der Waals surface area contributed by atoms with E-state index in [1.54, 1.807) is 18.2 Å². The number of halogens is 4. The third-order valence-electron chi connectivity index (χ3n) is 3.69. The number of hydrogen-bond acceptors (Lipinski definition) is 3. The predicted molar refractivity (Wildman–Crippen MR) is 88.8 cm³/mol. The van der Waals surface area contributed by atoms with Crippen LogP contribution in [0.2, 0.25) is 5.02 Å². The summed E-state index contributed by atoms with van der Waals surface area (Å²) in [7, 11) is 0. The molecule has 26 heavy (non-hydrogen) atoms. The molecule has 0 aromatic heterocycles. The topological polar surface area (TPSA) is 55.8 Å². The monoisotopic (exact) mass is 384 g/mol. The lowest BCUT2D eigenvalue weighted by Gasteiger charge is -2.28. The van der Waals surface area contributed by atoms with Gasteiger partial charge in [0.15, 0.2) is 5.75 Å². The van der Waals surface area contributed by atoms with Gasteiger partial charge in [0.25, 0.3) is 0 Å². The molecule has 1 aliphatic rings. The summed E-state index contributed by atoms with van der Waals surface area (Å²) < 4.78 is 50.0. The van der Waals surface area contributed by atoms with Gasteiger partial charge in [-0.2, -0.15) is 13.2 Å². The Morgan fingerprint density at radius 1 is 1.27 bits per heavy atom. The zero-order chi connectivity index (χ0) is 19.1. The first-order valence-electron chi connectivity index (χ1n) is 7.42. The highest BCUT2D eigenvalue weighted by Crippen LogP contribution is 2.45. The van der Waals surface area contributed by atoms with E-state index in [1.165, 1.54) is 12.1 Å². The molecule has 0 aliphatic carbocycles. The maximum atomic E-state index is 13.1. The second-order valence-corrected chi connectivity index (χ2v) is 6.06. The van der Waals surface area contributed by atoms with Gasteiger partial charge in [0, 0.05) is 0 Å². The summed E-state index contributed by atoms with van der Waals surface area (Å²) in [5, 5.41) is 9.27. The van der Waals surface area contributed by atoms with E-state index in [4.69, 9.17) is 26.2 Å². The van der Waals surface area contributed by atoms with Crippen molar-refractivity contribution in [3.63, 3.8) is 0 Å². The molecule has 1 heterocycles. The van der Waals surface area contributed by atoms with E-state index < -0.39 is 23.8 Å². The van der Waals surface area contributed by atoms with Crippen LogP contribution in [-0.2, 0) is 4.79 Å². The molecule has 1 unspecified atom stereocenters. The van der Waals surface area contributed by atoms with Crippen molar-refractivity contribution in [2.75, 3.05) is 0 Å². The van der Waals surface area contributed by atoms with Gasteiger partial charge in [0.05, 0.1) is 16.2 Å². The molecule has 136 valence electrons. The van der Waals surface area contributed by atoms with Crippen LogP contribution in [0.25, 0.3) is 6.08 Å². The number of aliphatic carboxylic acids is 1. The number of fused-ring (bicyclic) bond motifs is 1. The molecule has 1 N–H and O–H groups in total. The van der Waals surface area contributed by atoms with Gasteiger partial charge in [-0.1, -0.05) is 23.7 Å². The standard InChI is InChI=1S/C18H12ClF3O4/c1-9-3-2-4-10(7-9)25-15-11-8-12(17(23)24)16(18(20,21)22)26-14(11)6-5-13(15)19/h2-8,16H,1H3,(H,23,24). The zero-order valence-corrected chi connectivity index (χ0v) is 14.1. The Hall–Kier alpha value is -2.67. The van der Waals surface area contributed by atoms with E-state index in [0.717, 1.165) is 11.6 Å². The molecule has 2 aromatic carbocycles. The minimum Gasteiger partial charge on any atom is -0.478 e. The first kappa shape index (κ1) is 18.1. The maximum absolute atomic E-state index is 13.1. The number of aryl methyl sites for hydroxylation is 1. The van der Waals surface area contributed by atoms with Crippen LogP contribution >= 0.6 is 11.6 Å². The Bertz CT molecular complexity index is 906. The van der Waals surface area contributed by atoms with Crippen LogP contribution in [0.15, 0.2) is 42.0 Å². The van der Waals surface area contributed by atoms with Crippen molar-refractivity contribution < 1.29 is 32.5 Å². The van der Waals surface area contributed by atoms with Gasteiger partial charge in [-0.15, -0.1) is 0 Å². The summed E-state index contributed by atoms with van der Waals surface area (Å²) in [5.74, 6) is -1.47. The number of ether oxygens (including phenoxy) is 2. The Labute approximate surface area is 151 Å². The van der Waals surface area contributed by atoms with Crippen molar-refractivity contribution in [1.29, 1.82) is 0 Å². The summed E-state index contributed by atoms with van der Waals surface area (Å²) in [6.07, 6.45) is -6.56. The number of carboxylic acids is 1. The van der Waals surface area contributed by atoms with Gasteiger partial charge in [-0.05, 0) is 42.8 Å². The largest absolute Gasteiger partial charge is 0.478 e. The van der Waals surface area contributed by atoms with Gasteiger partial charge >= 0.3 is 12.1 Å². The lowest BCUT2D eigenvalue weighted by atomic mass is 10.0. The molecule has 0 amide bonds. The van der Waals surface area contributed by atoms with Crippen molar-refractivity contribution in [3.05, 3.63) is 58.1 Å². The van der Waals surface area contributed by atoms with Crippen LogP contribution in [0.4, 0.5) is 13.2 Å². The maximum Gasteiger partial charge on any atom is 0.430 e. The molecule has 0 saturated heterocycles. The fourth-order valence-corrected chi connectivity index (χ4v) is 2.74. The summed E-state index contributed by atoms with van der Waals surface area (Å²) in [6, 6.07) is 9.51. The van der Waals surface area contributed by atoms with Crippen molar-refractivity contribution in [2.45, 2.75) is 19.2 Å². The fraction of sp³-hybridized carbons (Fsp3) is 0.167. The average molecular weight is 385 g/mol. The van der Waals surface area contributed by atoms with E-state index in [2.05, 4.69) is 0 Å². The molecule has 0 spiro atoms. The van der Waals surface area contributed by atoms with E-state index in [1.807, 2.05) is 13.0 Å². The Balaban J connectivity index is 2.11. The summed E-state index contributed by atoms with van der Waals surface area (Å²) in [5.41, 5.74) is -0.00293. The van der Waals surface area contributed by atoms with Gasteiger partial charge in [0.1, 0.15) is 11.5 Å². The molecule has 0 fully saturated rings. The molecule has 1 atom stereocenters. The number of alkyl halides is 3. The third kappa shape index (κ3) is 3.48. The van der Waals surface area contributed by atoms with Crippen LogP contribution in [0.1, 0.15) is 11.1 Å². The lowest BCUT2D eigenvalue weighted by molar-refractivity contribution is -0.187. The number of rotatable bonds is 3. The third-order valence-corrected chi connectivity index (χ3v) is 3.99. The fourth-order valence-electron chi connectivity index (χ4n) is 2.53. The normalized spacial score (nSPS) is 16.3. The first-order chi connectivity index (χ1) is 12.2. The van der Waals surface area contributed by atoms with Crippen molar-refractivity contribution in [2.24, 2.45) is 0 Å². The van der Waals surface area contributed by atoms with Crippen molar-refractivity contribution in [3.8, 4) is 17.2 Å². The molecule has 0 saturated carbocycles. The molecule has 3 rings (SSSR count). The molecular formula is C18H12ClF3O4. The predicted octanol–water partition coefficient (Wildman–Crippen LogP) is 5.23. The van der Waals surface area contributed by atoms with E-state index >= 15 is 0 Å². The van der Waals surface area contributed by atoms with E-state index in [-0.39, 0.29) is 22.1 Å². The number of carbonyl (C=O) groups is 1. The molecule has 1 aliphatic heterocycles. The Morgan fingerprint density at radius 2 is 2.00 bits per heavy atom. The summed E-state index contributed by atoms with van der Waals surface area (Å²) >= 11 is 6.13. The van der Waals surface area contributed by atoms with Gasteiger partial charge in [0.2, 0.25) is 6.10 Å². The summed E-state index contributed by atoms with van der Waals surface area (Å²) in [6.45, 7) is 1.84. The summed E-state index contributed by atoms with van der Waals surface area (Å²) in [4.78, 5) is 11.3. The van der Waals surface area contributed by atoms with Crippen LogP contribution in [0.3, 0.4) is 0 Å². The minimum absolute atomic E-state index is 0.0224. The zero-order valence-electron chi connectivity index (χ0n) is 13.3. The molecular weight excluding hydrogens is 373 g/mol. The molecule has 8 heteroatoms. The molecule has 0 radical (unpaired) electrons. The average Bonchev–Trinajstić information content (AvgIpc) is 2.55. The number of hydrogen-bond donors (Lipinski definition) is 1. The SMILES string of the molecule is Cc1cccc(Oc2c(Cl)ccc3c2C=C(C(=O)O)C(C(F)(F)F)O3)c1. The quantitative estimate of drug-likeness (QED) is 0.787. The van der Waals surface area contributed by atoms with Crippen LogP contribution in [0, 0.1) is 6.92 Å². The van der Waals surface area contributed by atoms with Crippen LogP contribution in [-0.4, -0.2) is 23.4 Å². The van der Waals surface area contributed by atoms with E-state index in [9.17, 15) is 18.0 Å². The molecule has 2 aromatic rings.